The molecule has 0 spiro atoms. The molecule has 0 radical (unpaired) electrons. The molecular formula is C10H21Br. The van der Waals surface area contributed by atoms with E-state index in [0.29, 0.717) is 0 Å². The van der Waals surface area contributed by atoms with Gasteiger partial charge in [0.1, 0.15) is 0 Å². The molecule has 0 aromatic carbocycles. The number of hydrogen-bond donors (Lipinski definition) is 0. The third-order valence-corrected chi connectivity index (χ3v) is 2.70. The zero-order valence-electron chi connectivity index (χ0n) is 7.91. The molecule has 0 heterocycles. The fourth-order valence-electron chi connectivity index (χ4n) is 1.62. The summed E-state index contributed by atoms with van der Waals surface area (Å²) in [7, 11) is 0. The summed E-state index contributed by atoms with van der Waals surface area (Å²) in [6.07, 6.45) is 8.35. The van der Waals surface area contributed by atoms with Crippen molar-refractivity contribution in [3.8, 4) is 0 Å². The van der Waals surface area contributed by atoms with Crippen molar-refractivity contribution in [1.82, 2.24) is 0 Å². The standard InChI is InChI=1S/C10H21Br/c1-3-6-10(7-4-2)8-5-9-11/h10H,3-9H2,1-2H3. The SMILES string of the molecule is CCCC(CCC)CCCBr. The zero-order chi connectivity index (χ0) is 8.53. The Morgan fingerprint density at radius 2 is 1.55 bits per heavy atom. The van der Waals surface area contributed by atoms with Crippen LogP contribution in [0, 0.1) is 5.92 Å². The molecule has 0 nitrogen and oxygen atoms in total. The van der Waals surface area contributed by atoms with Crippen LogP contribution in [-0.2, 0) is 0 Å². The van der Waals surface area contributed by atoms with E-state index >= 15 is 0 Å². The number of halogens is 1. The molecule has 0 fully saturated rings. The molecule has 0 rings (SSSR count). The molecule has 0 unspecified atom stereocenters. The second-order valence-electron chi connectivity index (χ2n) is 3.27. The lowest BCUT2D eigenvalue weighted by Crippen LogP contribution is -1.99. The fourth-order valence-corrected chi connectivity index (χ4v) is 1.94. The highest BCUT2D eigenvalue weighted by molar-refractivity contribution is 9.09. The van der Waals surface area contributed by atoms with Gasteiger partial charge in [-0.3, -0.25) is 0 Å². The van der Waals surface area contributed by atoms with E-state index in [4.69, 9.17) is 0 Å². The fraction of sp³-hybridized carbons (Fsp3) is 1.00. The van der Waals surface area contributed by atoms with Crippen molar-refractivity contribution in [2.24, 2.45) is 5.92 Å². The largest absolute Gasteiger partial charge is 0.0928 e. The molecule has 0 aliphatic rings. The first-order valence-electron chi connectivity index (χ1n) is 4.91. The van der Waals surface area contributed by atoms with Crippen LogP contribution in [-0.4, -0.2) is 5.33 Å². The van der Waals surface area contributed by atoms with Gasteiger partial charge in [0.15, 0.2) is 0 Å². The van der Waals surface area contributed by atoms with Gasteiger partial charge in [-0.1, -0.05) is 55.5 Å². The van der Waals surface area contributed by atoms with Crippen molar-refractivity contribution >= 4 is 15.9 Å². The third-order valence-electron chi connectivity index (χ3n) is 2.14. The van der Waals surface area contributed by atoms with Gasteiger partial charge in [-0.05, 0) is 18.8 Å². The van der Waals surface area contributed by atoms with Crippen LogP contribution in [0.4, 0.5) is 0 Å². The quantitative estimate of drug-likeness (QED) is 0.559. The van der Waals surface area contributed by atoms with Crippen molar-refractivity contribution in [3.63, 3.8) is 0 Å². The molecule has 0 saturated heterocycles. The lowest BCUT2D eigenvalue weighted by Gasteiger charge is -2.13. The van der Waals surface area contributed by atoms with Crippen molar-refractivity contribution in [1.29, 1.82) is 0 Å². The second-order valence-corrected chi connectivity index (χ2v) is 4.07. The molecule has 68 valence electrons. The molecule has 0 aromatic heterocycles. The highest BCUT2D eigenvalue weighted by atomic mass is 79.9. The van der Waals surface area contributed by atoms with E-state index in [2.05, 4.69) is 29.8 Å². The summed E-state index contributed by atoms with van der Waals surface area (Å²) in [5.74, 6) is 1.00. The lowest BCUT2D eigenvalue weighted by atomic mass is 9.94. The van der Waals surface area contributed by atoms with Gasteiger partial charge in [-0.15, -0.1) is 0 Å². The van der Waals surface area contributed by atoms with Gasteiger partial charge in [-0.2, -0.15) is 0 Å². The predicted molar refractivity (Wildman–Crippen MR) is 56.3 cm³/mol. The molecule has 0 N–H and O–H groups in total. The van der Waals surface area contributed by atoms with Crippen LogP contribution in [0.25, 0.3) is 0 Å². The number of hydrogen-bond acceptors (Lipinski definition) is 0. The Bertz CT molecular complexity index is 65.3. The van der Waals surface area contributed by atoms with Crippen LogP contribution in [0.5, 0.6) is 0 Å². The second kappa shape index (κ2) is 8.58. The normalized spacial score (nSPS) is 10.9. The summed E-state index contributed by atoms with van der Waals surface area (Å²) in [4.78, 5) is 0. The van der Waals surface area contributed by atoms with E-state index in [1.54, 1.807) is 0 Å². The summed E-state index contributed by atoms with van der Waals surface area (Å²) < 4.78 is 0. The summed E-state index contributed by atoms with van der Waals surface area (Å²) in [6.45, 7) is 4.58. The van der Waals surface area contributed by atoms with Gasteiger partial charge in [0.05, 0.1) is 0 Å². The highest BCUT2D eigenvalue weighted by Gasteiger charge is 2.04. The topological polar surface area (TPSA) is 0 Å². The minimum Gasteiger partial charge on any atom is -0.0928 e. The van der Waals surface area contributed by atoms with Crippen LogP contribution in [0.15, 0.2) is 0 Å². The van der Waals surface area contributed by atoms with Gasteiger partial charge >= 0.3 is 0 Å². The monoisotopic (exact) mass is 220 g/mol. The van der Waals surface area contributed by atoms with Crippen LogP contribution >= 0.6 is 15.9 Å². The number of rotatable bonds is 7. The van der Waals surface area contributed by atoms with Gasteiger partial charge in [0.2, 0.25) is 0 Å². The van der Waals surface area contributed by atoms with Crippen molar-refractivity contribution in [2.75, 3.05) is 5.33 Å². The Hall–Kier alpha value is 0.480. The van der Waals surface area contributed by atoms with Crippen molar-refractivity contribution in [3.05, 3.63) is 0 Å². The minimum absolute atomic E-state index is 1.00. The van der Waals surface area contributed by atoms with Crippen LogP contribution in [0.2, 0.25) is 0 Å². The Kier molecular flexibility index (Phi) is 8.95. The number of alkyl halides is 1. The van der Waals surface area contributed by atoms with E-state index in [1.807, 2.05) is 0 Å². The minimum atomic E-state index is 1.00. The maximum Gasteiger partial charge on any atom is 0.00314 e. The highest BCUT2D eigenvalue weighted by Crippen LogP contribution is 2.19. The van der Waals surface area contributed by atoms with Crippen LogP contribution in [0.1, 0.15) is 52.4 Å². The van der Waals surface area contributed by atoms with Crippen molar-refractivity contribution in [2.45, 2.75) is 52.4 Å². The van der Waals surface area contributed by atoms with Crippen LogP contribution < -0.4 is 0 Å². The molecule has 0 aliphatic heterocycles. The van der Waals surface area contributed by atoms with E-state index in [1.165, 1.54) is 43.9 Å². The van der Waals surface area contributed by atoms with E-state index in [-0.39, 0.29) is 0 Å². The average molecular weight is 221 g/mol. The van der Waals surface area contributed by atoms with E-state index in [0.717, 1.165) is 5.92 Å². The van der Waals surface area contributed by atoms with Gasteiger partial charge in [0.25, 0.3) is 0 Å². The third kappa shape index (κ3) is 6.86. The van der Waals surface area contributed by atoms with Gasteiger partial charge in [-0.25, -0.2) is 0 Å². The Morgan fingerprint density at radius 3 is 1.91 bits per heavy atom. The molecule has 0 aliphatic carbocycles. The summed E-state index contributed by atoms with van der Waals surface area (Å²) in [6, 6.07) is 0. The maximum atomic E-state index is 3.48. The zero-order valence-corrected chi connectivity index (χ0v) is 9.49. The molecule has 0 saturated carbocycles. The Morgan fingerprint density at radius 1 is 1.00 bits per heavy atom. The lowest BCUT2D eigenvalue weighted by molar-refractivity contribution is 0.409. The van der Waals surface area contributed by atoms with Gasteiger partial charge < -0.3 is 0 Å². The molecule has 0 atom stereocenters. The average Bonchev–Trinajstić information content (AvgIpc) is 2.01. The molecular weight excluding hydrogens is 200 g/mol. The smallest absolute Gasteiger partial charge is 0.00314 e. The molecule has 0 amide bonds. The summed E-state index contributed by atoms with van der Waals surface area (Å²) in [5, 5.41) is 1.18. The van der Waals surface area contributed by atoms with Crippen LogP contribution in [0.3, 0.4) is 0 Å². The summed E-state index contributed by atoms with van der Waals surface area (Å²) in [5.41, 5.74) is 0. The first kappa shape index (κ1) is 11.5. The van der Waals surface area contributed by atoms with E-state index in [9.17, 15) is 0 Å². The molecule has 11 heavy (non-hydrogen) atoms. The summed E-state index contributed by atoms with van der Waals surface area (Å²) >= 11 is 3.48. The molecule has 0 aromatic rings. The molecule has 1 heteroatoms. The first-order valence-corrected chi connectivity index (χ1v) is 6.03. The molecule has 0 bridgehead atoms. The van der Waals surface area contributed by atoms with Crippen molar-refractivity contribution < 1.29 is 0 Å². The Balaban J connectivity index is 3.34. The maximum absolute atomic E-state index is 3.48. The Labute approximate surface area is 79.9 Å². The predicted octanol–water partition coefficient (Wildman–Crippen LogP) is 4.38. The first-order chi connectivity index (χ1) is 5.35. The van der Waals surface area contributed by atoms with Gasteiger partial charge in [0, 0.05) is 5.33 Å². The van der Waals surface area contributed by atoms with E-state index < -0.39 is 0 Å².